The summed E-state index contributed by atoms with van der Waals surface area (Å²) >= 11 is 0. The van der Waals surface area contributed by atoms with E-state index < -0.39 is 0 Å². The number of nitrogens with two attached hydrogens (primary N) is 1. The normalized spacial score (nSPS) is 6.17. The van der Waals surface area contributed by atoms with Crippen molar-refractivity contribution in [2.45, 2.75) is 6.42 Å². The molecule has 0 spiro atoms. The summed E-state index contributed by atoms with van der Waals surface area (Å²) in [4.78, 5) is 9.53. The number of carbonyl (C=O) groups is 1. The molecule has 0 bridgehead atoms. The van der Waals surface area contributed by atoms with Crippen LogP contribution in [-0.2, 0) is 21.9 Å². The molecular weight excluding hydrogens is 130 g/mol. The number of carbonyl (C=O) groups excluding carboxylic acids is 1. The van der Waals surface area contributed by atoms with Gasteiger partial charge in [0.25, 0.3) is 0 Å². The molecule has 0 unspecified atom stereocenters. The largest absolute Gasteiger partial charge is 1.00 e. The molecule has 0 aromatic heterocycles. The van der Waals surface area contributed by atoms with Gasteiger partial charge in [0.2, 0.25) is 0 Å². The maximum atomic E-state index is 9.53. The first-order valence-electron chi connectivity index (χ1n) is 1.35. The van der Waals surface area contributed by atoms with Crippen LogP contribution in [-0.4, -0.2) is 5.91 Å². The van der Waals surface area contributed by atoms with Crippen LogP contribution in [0.15, 0.2) is 0 Å². The molecule has 0 radical (unpaired) electrons. The number of rotatable bonds is 1. The van der Waals surface area contributed by atoms with E-state index in [9.17, 15) is 4.79 Å². The summed E-state index contributed by atoms with van der Waals surface area (Å²) in [5.41, 5.74) is 4.59. The zero-order valence-electron chi connectivity index (χ0n) is 3.20. The Morgan fingerprint density at radius 3 is 2.00 bits per heavy atom. The summed E-state index contributed by atoms with van der Waals surface area (Å²) in [5.74, 6) is -0.356. The topological polar surface area (TPSA) is 43.1 Å². The van der Waals surface area contributed by atoms with Gasteiger partial charge in [-0.3, -0.25) is 4.79 Å². The van der Waals surface area contributed by atoms with Crippen LogP contribution in [0.2, 0.25) is 0 Å². The molecule has 0 atom stereocenters. The van der Waals surface area contributed by atoms with E-state index in [1.165, 1.54) is 0 Å². The summed E-state index contributed by atoms with van der Waals surface area (Å²) in [5, 5.41) is 0. The van der Waals surface area contributed by atoms with E-state index in [-0.39, 0.29) is 29.4 Å². The Labute approximate surface area is 47.6 Å². The molecule has 0 rings (SSSR count). The second kappa shape index (κ2) is 4.99. The van der Waals surface area contributed by atoms with Crippen LogP contribution in [0.5, 0.6) is 0 Å². The smallest absolute Gasteiger partial charge is 0.372 e. The van der Waals surface area contributed by atoms with Gasteiger partial charge in [-0.2, -0.15) is 0 Å². The standard InChI is InChI=1S/C3H6NO.Cu/c1-2-3(4)5;/h1-2H2,(H2,4,5);/q-1;+1. The van der Waals surface area contributed by atoms with E-state index >= 15 is 0 Å². The minimum Gasteiger partial charge on any atom is -0.372 e. The van der Waals surface area contributed by atoms with E-state index in [0.717, 1.165) is 0 Å². The average Bonchev–Trinajstić information content (AvgIpc) is 1.38. The quantitative estimate of drug-likeness (QED) is 0.389. The maximum absolute atomic E-state index is 9.53. The van der Waals surface area contributed by atoms with Crippen LogP contribution in [0.3, 0.4) is 0 Å². The van der Waals surface area contributed by atoms with Crippen LogP contribution < -0.4 is 5.73 Å². The molecule has 0 aromatic carbocycles. The third kappa shape index (κ3) is 9.01. The van der Waals surface area contributed by atoms with E-state index in [1.54, 1.807) is 0 Å². The third-order valence-electron chi connectivity index (χ3n) is 0.246. The summed E-state index contributed by atoms with van der Waals surface area (Å²) in [7, 11) is 0. The zero-order chi connectivity index (χ0) is 4.28. The fraction of sp³-hybridized carbons (Fsp3) is 0.333. The van der Waals surface area contributed by atoms with E-state index in [0.29, 0.717) is 0 Å². The van der Waals surface area contributed by atoms with Gasteiger partial charge >= 0.3 is 17.1 Å². The molecule has 1 amide bonds. The summed E-state index contributed by atoms with van der Waals surface area (Å²) in [6, 6.07) is 0. The Bertz CT molecular complexity index is 46.1. The molecule has 3 heteroatoms. The van der Waals surface area contributed by atoms with Crippen molar-refractivity contribution in [1.82, 2.24) is 0 Å². The number of hydrogen-bond donors (Lipinski definition) is 1. The van der Waals surface area contributed by atoms with Gasteiger partial charge in [-0.05, 0) is 0 Å². The maximum Gasteiger partial charge on any atom is 1.00 e. The molecule has 0 heterocycles. The Morgan fingerprint density at radius 1 is 1.83 bits per heavy atom. The van der Waals surface area contributed by atoms with Gasteiger partial charge in [0.1, 0.15) is 0 Å². The minimum absolute atomic E-state index is 0. The summed E-state index contributed by atoms with van der Waals surface area (Å²) in [6.07, 6.45) is 0.194. The van der Waals surface area contributed by atoms with Crippen molar-refractivity contribution in [1.29, 1.82) is 0 Å². The summed E-state index contributed by atoms with van der Waals surface area (Å²) < 4.78 is 0. The first kappa shape index (κ1) is 9.37. The Balaban J connectivity index is 0. The van der Waals surface area contributed by atoms with Crippen molar-refractivity contribution in [3.63, 3.8) is 0 Å². The zero-order valence-corrected chi connectivity index (χ0v) is 4.14. The molecule has 40 valence electrons. The SMILES string of the molecule is [CH2-]CC(N)=O.[Cu+]. The molecule has 2 N–H and O–H groups in total. The van der Waals surface area contributed by atoms with Gasteiger partial charge in [0, 0.05) is 0 Å². The van der Waals surface area contributed by atoms with Crippen molar-refractivity contribution in [3.8, 4) is 0 Å². The van der Waals surface area contributed by atoms with Crippen LogP contribution in [0.25, 0.3) is 0 Å². The second-order valence-corrected chi connectivity index (χ2v) is 0.716. The van der Waals surface area contributed by atoms with Crippen molar-refractivity contribution >= 4 is 5.91 Å². The monoisotopic (exact) mass is 135 g/mol. The molecule has 0 aliphatic carbocycles. The minimum atomic E-state index is -0.356. The molecule has 2 nitrogen and oxygen atoms in total. The molecular formula is C3H6CuNO. The number of hydrogen-bond acceptors (Lipinski definition) is 1. The molecule has 6 heavy (non-hydrogen) atoms. The number of amides is 1. The molecule has 0 aliphatic rings. The van der Waals surface area contributed by atoms with Gasteiger partial charge in [0.05, 0.1) is 0 Å². The predicted octanol–water partition coefficient (Wildman–Crippen LogP) is -0.307. The van der Waals surface area contributed by atoms with Crippen LogP contribution >= 0.6 is 0 Å². The number of primary amides is 1. The van der Waals surface area contributed by atoms with E-state index in [1.807, 2.05) is 0 Å². The predicted molar refractivity (Wildman–Crippen MR) is 19.2 cm³/mol. The van der Waals surface area contributed by atoms with Crippen LogP contribution in [0.4, 0.5) is 0 Å². The summed E-state index contributed by atoms with van der Waals surface area (Å²) in [6.45, 7) is 3.21. The van der Waals surface area contributed by atoms with E-state index in [2.05, 4.69) is 12.7 Å². The van der Waals surface area contributed by atoms with Gasteiger partial charge < -0.3 is 12.7 Å². The van der Waals surface area contributed by atoms with Gasteiger partial charge in [0.15, 0.2) is 5.91 Å². The first-order valence-corrected chi connectivity index (χ1v) is 1.35. The van der Waals surface area contributed by atoms with Crippen LogP contribution in [0.1, 0.15) is 6.42 Å². The molecule has 0 aromatic rings. The fourth-order valence-corrected chi connectivity index (χ4v) is 0. The van der Waals surface area contributed by atoms with Crippen molar-refractivity contribution in [2.75, 3.05) is 0 Å². The third-order valence-corrected chi connectivity index (χ3v) is 0.246. The van der Waals surface area contributed by atoms with Gasteiger partial charge in [-0.1, -0.05) is 0 Å². The van der Waals surface area contributed by atoms with Crippen molar-refractivity contribution in [2.24, 2.45) is 5.73 Å². The van der Waals surface area contributed by atoms with Gasteiger partial charge in [-0.25, -0.2) is 0 Å². The molecule has 0 fully saturated rings. The average molecular weight is 136 g/mol. The molecule has 0 saturated carbocycles. The van der Waals surface area contributed by atoms with Crippen molar-refractivity contribution in [3.05, 3.63) is 6.92 Å². The molecule has 0 saturated heterocycles. The van der Waals surface area contributed by atoms with Crippen molar-refractivity contribution < 1.29 is 21.9 Å². The molecule has 0 aliphatic heterocycles. The van der Waals surface area contributed by atoms with Crippen LogP contribution in [0, 0.1) is 6.92 Å². The Hall–Kier alpha value is -0.0105. The second-order valence-electron chi connectivity index (χ2n) is 0.716. The Kier molecular flexibility index (Phi) is 7.79. The van der Waals surface area contributed by atoms with E-state index in [4.69, 9.17) is 0 Å². The fourth-order valence-electron chi connectivity index (χ4n) is 0. The first-order chi connectivity index (χ1) is 2.27. The van der Waals surface area contributed by atoms with Gasteiger partial charge in [-0.15, -0.1) is 6.42 Å². The Morgan fingerprint density at radius 2 is 2.00 bits per heavy atom.